The first-order chi connectivity index (χ1) is 18.7. The van der Waals surface area contributed by atoms with Crippen molar-refractivity contribution in [2.75, 3.05) is 23.9 Å². The van der Waals surface area contributed by atoms with Crippen LogP contribution in [0.4, 0.5) is 5.69 Å². The molecule has 0 unspecified atom stereocenters. The van der Waals surface area contributed by atoms with Gasteiger partial charge in [-0.15, -0.1) is 0 Å². The summed E-state index contributed by atoms with van der Waals surface area (Å²) in [4.78, 5) is 28.2. The standard InChI is InChI=1S/C29H33Cl2N3O4S/c1-3-4-19-32-29(36)22(2)33(20-18-23-12-7-5-8-13-23)27(35)21-34(26-17-11-16-25(30)28(26)31)39(37,38)24-14-9-6-10-15-24/h5-17,22H,3-4,18-21H2,1-2H3,(H,32,36)/t22-/m1/s1. The van der Waals surface area contributed by atoms with Gasteiger partial charge in [-0.2, -0.15) is 0 Å². The number of hydrogen-bond donors (Lipinski definition) is 1. The number of sulfonamides is 1. The minimum absolute atomic E-state index is 0.00460. The van der Waals surface area contributed by atoms with E-state index < -0.39 is 28.5 Å². The van der Waals surface area contributed by atoms with E-state index >= 15 is 0 Å². The van der Waals surface area contributed by atoms with Gasteiger partial charge in [-0.25, -0.2) is 8.42 Å². The predicted molar refractivity (Wildman–Crippen MR) is 157 cm³/mol. The first-order valence-corrected chi connectivity index (χ1v) is 15.0. The SMILES string of the molecule is CCCCNC(=O)[C@@H](C)N(CCc1ccccc1)C(=O)CN(c1cccc(Cl)c1Cl)S(=O)(=O)c1ccccc1. The third-order valence-electron chi connectivity index (χ3n) is 6.29. The Labute approximate surface area is 240 Å². The van der Waals surface area contributed by atoms with E-state index in [1.165, 1.54) is 29.2 Å². The van der Waals surface area contributed by atoms with Crippen LogP contribution in [0.1, 0.15) is 32.3 Å². The van der Waals surface area contributed by atoms with Crippen molar-refractivity contribution in [2.24, 2.45) is 0 Å². The highest BCUT2D eigenvalue weighted by Crippen LogP contribution is 2.35. The molecule has 0 bridgehead atoms. The molecule has 208 valence electrons. The molecule has 0 spiro atoms. The molecule has 0 heterocycles. The number of carbonyl (C=O) groups is 2. The Morgan fingerprint density at radius 1 is 0.923 bits per heavy atom. The van der Waals surface area contributed by atoms with Crippen LogP contribution in [0.15, 0.2) is 83.8 Å². The van der Waals surface area contributed by atoms with Crippen LogP contribution < -0.4 is 9.62 Å². The Balaban J connectivity index is 1.97. The molecule has 7 nitrogen and oxygen atoms in total. The Bertz CT molecular complexity index is 1360. The highest BCUT2D eigenvalue weighted by Gasteiger charge is 2.33. The molecular weight excluding hydrogens is 557 g/mol. The van der Waals surface area contributed by atoms with Gasteiger partial charge in [0.05, 0.1) is 20.6 Å². The maximum absolute atomic E-state index is 13.9. The molecular formula is C29H33Cl2N3O4S. The minimum Gasteiger partial charge on any atom is -0.354 e. The first-order valence-electron chi connectivity index (χ1n) is 12.8. The van der Waals surface area contributed by atoms with Gasteiger partial charge in [0.15, 0.2) is 0 Å². The van der Waals surface area contributed by atoms with E-state index in [1.54, 1.807) is 31.2 Å². The van der Waals surface area contributed by atoms with Gasteiger partial charge >= 0.3 is 0 Å². The summed E-state index contributed by atoms with van der Waals surface area (Å²) < 4.78 is 28.5. The Kier molecular flexibility index (Phi) is 11.2. The van der Waals surface area contributed by atoms with E-state index in [9.17, 15) is 18.0 Å². The second-order valence-corrected chi connectivity index (χ2v) is 11.7. The highest BCUT2D eigenvalue weighted by atomic mass is 35.5. The zero-order valence-electron chi connectivity index (χ0n) is 22.0. The molecule has 3 aromatic carbocycles. The molecule has 0 saturated carbocycles. The van der Waals surface area contributed by atoms with Crippen LogP contribution in [0.5, 0.6) is 0 Å². The van der Waals surface area contributed by atoms with E-state index in [0.717, 1.165) is 22.7 Å². The summed E-state index contributed by atoms with van der Waals surface area (Å²) in [5.74, 6) is -0.845. The number of amides is 2. The van der Waals surface area contributed by atoms with Gasteiger partial charge in [0.1, 0.15) is 12.6 Å². The smallest absolute Gasteiger partial charge is 0.264 e. The van der Waals surface area contributed by atoms with Gasteiger partial charge < -0.3 is 10.2 Å². The Morgan fingerprint density at radius 3 is 2.21 bits per heavy atom. The Hall–Kier alpha value is -3.07. The van der Waals surface area contributed by atoms with E-state index in [-0.39, 0.29) is 33.1 Å². The van der Waals surface area contributed by atoms with Crippen molar-refractivity contribution in [3.63, 3.8) is 0 Å². The summed E-state index contributed by atoms with van der Waals surface area (Å²) in [5, 5.41) is 3.03. The molecule has 1 atom stereocenters. The van der Waals surface area contributed by atoms with Gasteiger partial charge in [-0.3, -0.25) is 13.9 Å². The second-order valence-electron chi connectivity index (χ2n) is 9.04. The fourth-order valence-corrected chi connectivity index (χ4v) is 5.92. The average molecular weight is 591 g/mol. The molecule has 0 aromatic heterocycles. The number of unbranched alkanes of at least 4 members (excludes halogenated alkanes) is 1. The van der Waals surface area contributed by atoms with Crippen molar-refractivity contribution in [1.29, 1.82) is 0 Å². The summed E-state index contributed by atoms with van der Waals surface area (Å²) in [6.45, 7) is 3.81. The number of hydrogen-bond acceptors (Lipinski definition) is 4. The third-order valence-corrected chi connectivity index (χ3v) is 8.87. The van der Waals surface area contributed by atoms with Gasteiger partial charge in [0.2, 0.25) is 11.8 Å². The van der Waals surface area contributed by atoms with Crippen LogP contribution in [0.2, 0.25) is 10.0 Å². The first kappa shape index (κ1) is 30.5. The monoisotopic (exact) mass is 589 g/mol. The lowest BCUT2D eigenvalue weighted by molar-refractivity contribution is -0.138. The number of halogens is 2. The fourth-order valence-electron chi connectivity index (χ4n) is 4.02. The number of nitrogens with zero attached hydrogens (tertiary/aromatic N) is 2. The van der Waals surface area contributed by atoms with Crippen molar-refractivity contribution in [2.45, 2.75) is 44.0 Å². The molecule has 0 saturated heterocycles. The summed E-state index contributed by atoms with van der Waals surface area (Å²) in [6.07, 6.45) is 2.22. The van der Waals surface area contributed by atoms with Crippen LogP contribution in [-0.2, 0) is 26.0 Å². The van der Waals surface area contributed by atoms with Gasteiger partial charge in [0.25, 0.3) is 10.0 Å². The van der Waals surface area contributed by atoms with E-state index in [2.05, 4.69) is 5.32 Å². The Morgan fingerprint density at radius 2 is 1.56 bits per heavy atom. The number of anilines is 1. The van der Waals surface area contributed by atoms with E-state index in [0.29, 0.717) is 13.0 Å². The molecule has 0 aliphatic rings. The quantitative estimate of drug-likeness (QED) is 0.264. The topological polar surface area (TPSA) is 86.8 Å². The summed E-state index contributed by atoms with van der Waals surface area (Å²) >= 11 is 12.7. The lowest BCUT2D eigenvalue weighted by Crippen LogP contribution is -2.52. The summed E-state index contributed by atoms with van der Waals surface area (Å²) in [7, 11) is -4.21. The lowest BCUT2D eigenvalue weighted by atomic mass is 10.1. The van der Waals surface area contributed by atoms with Crippen molar-refractivity contribution in [3.05, 3.63) is 94.5 Å². The third kappa shape index (κ3) is 7.97. The van der Waals surface area contributed by atoms with Crippen LogP contribution in [-0.4, -0.2) is 50.8 Å². The molecule has 10 heteroatoms. The number of benzene rings is 3. The average Bonchev–Trinajstić information content (AvgIpc) is 2.94. The molecule has 0 fully saturated rings. The number of carbonyl (C=O) groups excluding carboxylic acids is 2. The molecule has 3 rings (SSSR count). The minimum atomic E-state index is -4.21. The molecule has 0 aliphatic carbocycles. The van der Waals surface area contributed by atoms with Crippen molar-refractivity contribution in [1.82, 2.24) is 10.2 Å². The molecule has 3 aromatic rings. The molecule has 0 radical (unpaired) electrons. The number of nitrogens with one attached hydrogen (secondary N) is 1. The largest absolute Gasteiger partial charge is 0.354 e. The van der Waals surface area contributed by atoms with Crippen molar-refractivity contribution < 1.29 is 18.0 Å². The fraction of sp³-hybridized carbons (Fsp3) is 0.310. The molecule has 2 amide bonds. The zero-order chi connectivity index (χ0) is 28.4. The molecule has 0 aliphatic heterocycles. The van der Waals surface area contributed by atoms with Crippen LogP contribution in [0.3, 0.4) is 0 Å². The maximum atomic E-state index is 13.9. The van der Waals surface area contributed by atoms with Crippen LogP contribution >= 0.6 is 23.2 Å². The van der Waals surface area contributed by atoms with Gasteiger partial charge in [0, 0.05) is 13.1 Å². The number of rotatable bonds is 13. The highest BCUT2D eigenvalue weighted by molar-refractivity contribution is 7.92. The lowest BCUT2D eigenvalue weighted by Gasteiger charge is -2.32. The predicted octanol–water partition coefficient (Wildman–Crippen LogP) is 5.56. The van der Waals surface area contributed by atoms with Crippen molar-refractivity contribution >= 4 is 50.7 Å². The van der Waals surface area contributed by atoms with Crippen LogP contribution in [0.25, 0.3) is 0 Å². The molecule has 39 heavy (non-hydrogen) atoms. The van der Waals surface area contributed by atoms with Gasteiger partial charge in [-0.05, 0) is 49.6 Å². The summed E-state index contributed by atoms with van der Waals surface area (Å²) in [5.41, 5.74) is 1.06. The zero-order valence-corrected chi connectivity index (χ0v) is 24.3. The van der Waals surface area contributed by atoms with E-state index in [4.69, 9.17) is 23.2 Å². The van der Waals surface area contributed by atoms with Crippen LogP contribution in [0, 0.1) is 0 Å². The molecule has 1 N–H and O–H groups in total. The van der Waals surface area contributed by atoms with Gasteiger partial charge in [-0.1, -0.05) is 91.1 Å². The second kappa shape index (κ2) is 14.4. The summed E-state index contributed by atoms with van der Waals surface area (Å²) in [6, 6.07) is 21.1. The van der Waals surface area contributed by atoms with E-state index in [1.807, 2.05) is 37.3 Å². The normalized spacial score (nSPS) is 12.0. The van der Waals surface area contributed by atoms with Crippen molar-refractivity contribution in [3.8, 4) is 0 Å². The maximum Gasteiger partial charge on any atom is 0.264 e.